The number of hydrogen-bond donors (Lipinski definition) is 1. The van der Waals surface area contributed by atoms with E-state index in [0.29, 0.717) is 34.9 Å². The highest BCUT2D eigenvalue weighted by molar-refractivity contribution is 7.98. The van der Waals surface area contributed by atoms with Gasteiger partial charge in [0.05, 0.1) is 12.9 Å². The fraction of sp³-hybridized carbons (Fsp3) is 0.158. The molecule has 28 heavy (non-hydrogen) atoms. The summed E-state index contributed by atoms with van der Waals surface area (Å²) in [6.07, 6.45) is 0.576. The van der Waals surface area contributed by atoms with Crippen molar-refractivity contribution < 1.29 is 9.15 Å². The molecular formula is C19H18N6O2S. The quantitative estimate of drug-likeness (QED) is 0.377. The van der Waals surface area contributed by atoms with Gasteiger partial charge in [0.25, 0.3) is 0 Å². The normalized spacial score (nSPS) is 10.9. The Kier molecular flexibility index (Phi) is 5.24. The predicted octanol–water partition coefficient (Wildman–Crippen LogP) is 2.93. The summed E-state index contributed by atoms with van der Waals surface area (Å²) in [5.74, 6) is 9.08. The van der Waals surface area contributed by atoms with Gasteiger partial charge in [-0.25, -0.2) is 4.68 Å². The summed E-state index contributed by atoms with van der Waals surface area (Å²) in [5.41, 5.74) is 1.95. The van der Waals surface area contributed by atoms with Crippen molar-refractivity contribution in [3.05, 3.63) is 71.9 Å². The summed E-state index contributed by atoms with van der Waals surface area (Å²) in [6, 6.07) is 17.4. The molecular weight excluding hydrogens is 376 g/mol. The molecule has 142 valence electrons. The Balaban J connectivity index is 1.40. The fourth-order valence-corrected chi connectivity index (χ4v) is 3.30. The molecule has 8 nitrogen and oxygen atoms in total. The maximum atomic E-state index is 6.15. The topological polar surface area (TPSA) is 105 Å². The molecule has 0 aliphatic carbocycles. The first kappa shape index (κ1) is 18.1. The molecule has 0 aliphatic heterocycles. The zero-order valence-corrected chi connectivity index (χ0v) is 16.0. The lowest BCUT2D eigenvalue weighted by molar-refractivity contribution is 0.414. The Morgan fingerprint density at radius 1 is 1.00 bits per heavy atom. The van der Waals surface area contributed by atoms with Gasteiger partial charge in [0.2, 0.25) is 16.9 Å². The third kappa shape index (κ3) is 3.99. The second-order valence-electron chi connectivity index (χ2n) is 5.95. The van der Waals surface area contributed by atoms with Gasteiger partial charge in [-0.15, -0.1) is 20.4 Å². The Labute approximate surface area is 165 Å². The minimum atomic E-state index is 0.456. The number of methoxy groups -OCH3 is 1. The van der Waals surface area contributed by atoms with Gasteiger partial charge < -0.3 is 15.0 Å². The second-order valence-corrected chi connectivity index (χ2v) is 6.89. The molecule has 2 aromatic heterocycles. The van der Waals surface area contributed by atoms with Gasteiger partial charge in [0, 0.05) is 12.0 Å². The molecule has 4 rings (SSSR count). The molecule has 9 heteroatoms. The highest BCUT2D eigenvalue weighted by Gasteiger charge is 2.14. The summed E-state index contributed by atoms with van der Waals surface area (Å²) in [6.45, 7) is 0. The van der Waals surface area contributed by atoms with Crippen molar-refractivity contribution in [1.82, 2.24) is 25.1 Å². The Morgan fingerprint density at radius 2 is 1.79 bits per heavy atom. The molecule has 0 atom stereocenters. The number of thioether (sulfide) groups is 1. The summed E-state index contributed by atoms with van der Waals surface area (Å²) >= 11 is 1.39. The van der Waals surface area contributed by atoms with Gasteiger partial charge in [-0.2, -0.15) is 0 Å². The summed E-state index contributed by atoms with van der Waals surface area (Å²) in [7, 11) is 1.64. The first-order chi connectivity index (χ1) is 13.7. The van der Waals surface area contributed by atoms with Crippen molar-refractivity contribution in [1.29, 1.82) is 0 Å². The van der Waals surface area contributed by atoms with Crippen LogP contribution in [0.4, 0.5) is 0 Å². The lowest BCUT2D eigenvalue weighted by Gasteiger charge is -2.04. The number of nitrogens with two attached hydrogens (primary N) is 1. The fourth-order valence-electron chi connectivity index (χ4n) is 2.59. The average Bonchev–Trinajstić information content (AvgIpc) is 3.35. The van der Waals surface area contributed by atoms with Crippen LogP contribution in [-0.2, 0) is 12.2 Å². The third-order valence-corrected chi connectivity index (χ3v) is 5.00. The van der Waals surface area contributed by atoms with Crippen LogP contribution in [-0.4, -0.2) is 32.2 Å². The van der Waals surface area contributed by atoms with Crippen LogP contribution in [0.25, 0.3) is 11.5 Å². The number of aromatic nitrogens is 5. The van der Waals surface area contributed by atoms with Gasteiger partial charge in [-0.3, -0.25) is 0 Å². The molecule has 0 bridgehead atoms. The first-order valence-electron chi connectivity index (χ1n) is 8.56. The van der Waals surface area contributed by atoms with Crippen LogP contribution in [0.15, 0.2) is 64.2 Å². The molecule has 0 radical (unpaired) electrons. The van der Waals surface area contributed by atoms with E-state index in [-0.39, 0.29) is 0 Å². The van der Waals surface area contributed by atoms with Gasteiger partial charge in [-0.1, -0.05) is 42.1 Å². The van der Waals surface area contributed by atoms with Gasteiger partial charge in [-0.05, 0) is 29.8 Å². The van der Waals surface area contributed by atoms with E-state index in [1.165, 1.54) is 16.4 Å². The van der Waals surface area contributed by atoms with E-state index in [9.17, 15) is 0 Å². The highest BCUT2D eigenvalue weighted by atomic mass is 32.2. The van der Waals surface area contributed by atoms with E-state index in [4.69, 9.17) is 15.0 Å². The number of benzene rings is 2. The highest BCUT2D eigenvalue weighted by Crippen LogP contribution is 2.23. The zero-order chi connectivity index (χ0) is 19.3. The largest absolute Gasteiger partial charge is 0.497 e. The van der Waals surface area contributed by atoms with Crippen LogP contribution in [0.1, 0.15) is 17.3 Å². The van der Waals surface area contributed by atoms with Gasteiger partial charge in [0.1, 0.15) is 5.75 Å². The maximum Gasteiger partial charge on any atom is 0.247 e. The second kappa shape index (κ2) is 8.13. The lowest BCUT2D eigenvalue weighted by Crippen LogP contribution is -2.14. The van der Waals surface area contributed by atoms with Crippen LogP contribution < -0.4 is 10.6 Å². The SMILES string of the molecule is COc1ccc(Cc2nnc(SCc3nnc(-c4ccccc4)o3)n2N)cc1. The zero-order valence-electron chi connectivity index (χ0n) is 15.1. The Bertz CT molecular complexity index is 1050. The molecule has 4 aromatic rings. The van der Waals surface area contributed by atoms with Crippen molar-refractivity contribution in [2.45, 2.75) is 17.3 Å². The smallest absolute Gasteiger partial charge is 0.247 e. The summed E-state index contributed by atoms with van der Waals surface area (Å²) in [5, 5.41) is 17.1. The number of nitrogen functional groups attached to an aromatic ring is 1. The standard InChI is InChI=1S/C19H18N6O2S/c1-26-15-9-7-13(8-10-15)11-16-21-24-19(25(16)20)28-12-17-22-23-18(27-17)14-5-3-2-4-6-14/h2-10H,11-12,20H2,1H3. The van der Waals surface area contributed by atoms with Crippen molar-refractivity contribution in [2.75, 3.05) is 13.0 Å². The molecule has 0 fully saturated rings. The van der Waals surface area contributed by atoms with Gasteiger partial charge >= 0.3 is 0 Å². The van der Waals surface area contributed by atoms with Crippen LogP contribution in [0.5, 0.6) is 5.75 Å². The van der Waals surface area contributed by atoms with E-state index < -0.39 is 0 Å². The van der Waals surface area contributed by atoms with Crippen LogP contribution >= 0.6 is 11.8 Å². The summed E-state index contributed by atoms with van der Waals surface area (Å²) < 4.78 is 12.4. The van der Waals surface area contributed by atoms with Gasteiger partial charge in [0.15, 0.2) is 5.82 Å². The average molecular weight is 394 g/mol. The minimum Gasteiger partial charge on any atom is -0.497 e. The maximum absolute atomic E-state index is 6.15. The molecule has 2 heterocycles. The van der Waals surface area contributed by atoms with Crippen molar-refractivity contribution >= 4 is 11.8 Å². The number of hydrogen-bond acceptors (Lipinski definition) is 8. The summed E-state index contributed by atoms with van der Waals surface area (Å²) in [4.78, 5) is 0. The predicted molar refractivity (Wildman–Crippen MR) is 105 cm³/mol. The third-order valence-electron chi connectivity index (χ3n) is 4.07. The monoisotopic (exact) mass is 394 g/mol. The molecule has 0 saturated carbocycles. The van der Waals surface area contributed by atoms with E-state index in [2.05, 4.69) is 20.4 Å². The van der Waals surface area contributed by atoms with E-state index in [1.54, 1.807) is 7.11 Å². The Hall–Kier alpha value is -3.33. The van der Waals surface area contributed by atoms with Crippen molar-refractivity contribution in [2.24, 2.45) is 0 Å². The van der Waals surface area contributed by atoms with Crippen molar-refractivity contribution in [3.8, 4) is 17.2 Å². The van der Waals surface area contributed by atoms with E-state index in [0.717, 1.165) is 16.9 Å². The lowest BCUT2D eigenvalue weighted by atomic mass is 10.1. The molecule has 2 aromatic carbocycles. The van der Waals surface area contributed by atoms with Crippen LogP contribution in [0, 0.1) is 0 Å². The molecule has 2 N–H and O–H groups in total. The molecule has 0 spiro atoms. The first-order valence-corrected chi connectivity index (χ1v) is 9.54. The number of ether oxygens (including phenoxy) is 1. The van der Waals surface area contributed by atoms with Crippen LogP contribution in [0.2, 0.25) is 0 Å². The number of rotatable bonds is 7. The minimum absolute atomic E-state index is 0.456. The van der Waals surface area contributed by atoms with Crippen molar-refractivity contribution in [3.63, 3.8) is 0 Å². The molecule has 0 unspecified atom stereocenters. The van der Waals surface area contributed by atoms with E-state index in [1.807, 2.05) is 54.6 Å². The van der Waals surface area contributed by atoms with Crippen LogP contribution in [0.3, 0.4) is 0 Å². The number of nitrogens with zero attached hydrogens (tertiary/aromatic N) is 5. The molecule has 0 saturated heterocycles. The van der Waals surface area contributed by atoms with E-state index >= 15 is 0 Å². The molecule has 0 aliphatic rings. The molecule has 0 amide bonds. The Morgan fingerprint density at radius 3 is 2.54 bits per heavy atom.